The van der Waals surface area contributed by atoms with Gasteiger partial charge in [0.25, 0.3) is 0 Å². The van der Waals surface area contributed by atoms with Crippen LogP contribution in [0.15, 0.2) is 79.0 Å². The first-order valence-corrected chi connectivity index (χ1v) is 18.0. The number of carbonyl (C=O) groups excluding carboxylic acids is 3. The van der Waals surface area contributed by atoms with Gasteiger partial charge in [-0.1, -0.05) is 81.4 Å². The van der Waals surface area contributed by atoms with E-state index in [4.69, 9.17) is 4.74 Å². The molecule has 0 aliphatic heterocycles. The van der Waals surface area contributed by atoms with E-state index in [1.165, 1.54) is 18.9 Å². The van der Waals surface area contributed by atoms with Gasteiger partial charge in [-0.3, -0.25) is 14.6 Å². The number of pyridine rings is 1. The third-order valence-electron chi connectivity index (χ3n) is 8.69. The Morgan fingerprint density at radius 2 is 1.39 bits per heavy atom. The molecule has 0 fully saturated rings. The number of alkyl carbamates (subject to hydrolysis) is 1. The standard InChI is InChI=1S/C38H51N5O7S/c1-37(2,3)31(43-36(49)50-6)33(45)40-27(21-25-16-18-26(19-17-25)28-15-11-12-20-39-28)23-30(44)29(22-24-13-9-8-10-14-24)41-34(46)32(42-35(47)48)38(4,5)51-7/h8-20,27,29-32,42,44H,21-23H2,1-7H3,(H,40,45)(H,41,46)(H,43,49)(H,47,48)/t27-,29-,30-,31+,32+/m0/s1. The number of carboxylic acid groups (broad SMARTS) is 1. The molecule has 4 amide bonds. The summed E-state index contributed by atoms with van der Waals surface area (Å²) in [4.78, 5) is 55.9. The Balaban J connectivity index is 1.96. The molecule has 3 rings (SSSR count). The Morgan fingerprint density at radius 3 is 1.94 bits per heavy atom. The lowest BCUT2D eigenvalue weighted by molar-refractivity contribution is -0.127. The van der Waals surface area contributed by atoms with Crippen LogP contribution in [0.25, 0.3) is 11.3 Å². The summed E-state index contributed by atoms with van der Waals surface area (Å²) in [7, 11) is 1.22. The minimum atomic E-state index is -1.34. The third kappa shape index (κ3) is 12.6. The molecule has 0 bridgehead atoms. The van der Waals surface area contributed by atoms with Crippen molar-refractivity contribution in [3.8, 4) is 11.3 Å². The lowest BCUT2D eigenvalue weighted by Crippen LogP contribution is -2.60. The highest BCUT2D eigenvalue weighted by molar-refractivity contribution is 8.00. The van der Waals surface area contributed by atoms with Gasteiger partial charge in [-0.15, -0.1) is 0 Å². The first-order valence-electron chi connectivity index (χ1n) is 16.8. The molecule has 0 spiro atoms. The van der Waals surface area contributed by atoms with Crippen molar-refractivity contribution in [1.29, 1.82) is 0 Å². The van der Waals surface area contributed by atoms with Crippen LogP contribution < -0.4 is 21.3 Å². The Morgan fingerprint density at radius 1 is 0.784 bits per heavy atom. The second-order valence-electron chi connectivity index (χ2n) is 14.1. The third-order valence-corrected chi connectivity index (χ3v) is 9.97. The molecule has 276 valence electrons. The summed E-state index contributed by atoms with van der Waals surface area (Å²) in [5, 5.41) is 32.3. The zero-order valence-electron chi connectivity index (χ0n) is 30.3. The first kappa shape index (κ1) is 40.8. The Hall–Kier alpha value is -4.62. The second kappa shape index (κ2) is 18.6. The molecule has 51 heavy (non-hydrogen) atoms. The maximum Gasteiger partial charge on any atom is 0.407 e. The Bertz CT molecular complexity index is 1580. The van der Waals surface area contributed by atoms with Gasteiger partial charge in [-0.05, 0) is 68.0 Å². The van der Waals surface area contributed by atoms with Crippen molar-refractivity contribution < 1.29 is 34.1 Å². The van der Waals surface area contributed by atoms with Crippen molar-refractivity contribution in [2.45, 2.75) is 88.9 Å². The highest BCUT2D eigenvalue weighted by Crippen LogP contribution is 2.27. The number of nitrogens with zero attached hydrogens (tertiary/aromatic N) is 1. The fraction of sp³-hybridized carbons (Fsp3) is 0.447. The van der Waals surface area contributed by atoms with Gasteiger partial charge in [0.05, 0.1) is 24.9 Å². The lowest BCUT2D eigenvalue weighted by Gasteiger charge is -2.35. The minimum Gasteiger partial charge on any atom is -0.465 e. The van der Waals surface area contributed by atoms with Gasteiger partial charge in [0, 0.05) is 22.5 Å². The fourth-order valence-electron chi connectivity index (χ4n) is 5.63. The SMILES string of the molecule is COC(=O)N[C@H](C(=O)N[C@@H](Cc1ccc(-c2ccccn2)cc1)C[C@H](O)[C@H](Cc1ccccc1)NC(=O)[C@@H](NC(=O)O)C(C)(C)SC)C(C)(C)C. The molecule has 0 aliphatic rings. The highest BCUT2D eigenvalue weighted by Gasteiger charge is 2.39. The number of thioether (sulfide) groups is 1. The number of benzene rings is 2. The van der Waals surface area contributed by atoms with Crippen molar-refractivity contribution >= 4 is 35.8 Å². The number of hydrogen-bond acceptors (Lipinski definition) is 8. The smallest absolute Gasteiger partial charge is 0.407 e. The van der Waals surface area contributed by atoms with E-state index in [2.05, 4.69) is 26.3 Å². The number of hydrogen-bond donors (Lipinski definition) is 6. The molecule has 6 N–H and O–H groups in total. The number of rotatable bonds is 16. The first-order chi connectivity index (χ1) is 24.0. The molecule has 13 heteroatoms. The molecule has 12 nitrogen and oxygen atoms in total. The highest BCUT2D eigenvalue weighted by atomic mass is 32.2. The predicted molar refractivity (Wildman–Crippen MR) is 199 cm³/mol. The number of ether oxygens (including phenoxy) is 1. The van der Waals surface area contributed by atoms with E-state index < -0.39 is 64.4 Å². The number of aliphatic hydroxyl groups excluding tert-OH is 1. The van der Waals surface area contributed by atoms with Gasteiger partial charge in [0.1, 0.15) is 12.1 Å². The largest absolute Gasteiger partial charge is 0.465 e. The number of aromatic nitrogens is 1. The number of amides is 4. The van der Waals surface area contributed by atoms with Gasteiger partial charge < -0.3 is 36.2 Å². The van der Waals surface area contributed by atoms with Crippen LogP contribution >= 0.6 is 11.8 Å². The zero-order valence-corrected chi connectivity index (χ0v) is 31.1. The quantitative estimate of drug-likeness (QED) is 0.121. The molecule has 0 saturated carbocycles. The second-order valence-corrected chi connectivity index (χ2v) is 15.5. The maximum atomic E-state index is 13.8. The number of nitrogens with one attached hydrogen (secondary N) is 4. The summed E-state index contributed by atoms with van der Waals surface area (Å²) in [6.07, 6.45) is 0.794. The molecule has 0 aliphatic carbocycles. The van der Waals surface area contributed by atoms with Crippen LogP contribution in [-0.4, -0.2) is 87.6 Å². The minimum absolute atomic E-state index is 0.0174. The van der Waals surface area contributed by atoms with Crippen molar-refractivity contribution in [3.05, 3.63) is 90.1 Å². The molecule has 1 heterocycles. The van der Waals surface area contributed by atoms with Crippen LogP contribution in [0.2, 0.25) is 0 Å². The molecule has 2 aromatic carbocycles. The normalized spacial score (nSPS) is 14.6. The predicted octanol–water partition coefficient (Wildman–Crippen LogP) is 4.80. The average molecular weight is 722 g/mol. The summed E-state index contributed by atoms with van der Waals surface area (Å²) in [5.74, 6) is -1.05. The van der Waals surface area contributed by atoms with Crippen LogP contribution in [0.4, 0.5) is 9.59 Å². The number of carbonyl (C=O) groups is 4. The molecule has 5 atom stereocenters. The van der Waals surface area contributed by atoms with Crippen molar-refractivity contribution in [3.63, 3.8) is 0 Å². The molecular formula is C38H51N5O7S. The summed E-state index contributed by atoms with van der Waals surface area (Å²) >= 11 is 1.33. The lowest BCUT2D eigenvalue weighted by atomic mass is 9.85. The molecular weight excluding hydrogens is 671 g/mol. The molecule has 0 saturated heterocycles. The summed E-state index contributed by atoms with van der Waals surface area (Å²) in [6, 6.07) is 19.1. The average Bonchev–Trinajstić information content (AvgIpc) is 3.09. The van der Waals surface area contributed by atoms with Gasteiger partial charge in [-0.25, -0.2) is 9.59 Å². The van der Waals surface area contributed by atoms with Crippen LogP contribution in [0.1, 0.15) is 52.2 Å². The number of methoxy groups -OCH3 is 1. The van der Waals surface area contributed by atoms with Crippen molar-refractivity contribution in [1.82, 2.24) is 26.3 Å². The number of aliphatic hydroxyl groups is 1. The van der Waals surface area contributed by atoms with Crippen LogP contribution in [0.5, 0.6) is 0 Å². The van der Waals surface area contributed by atoms with Gasteiger partial charge in [0.2, 0.25) is 11.8 Å². The van der Waals surface area contributed by atoms with E-state index in [-0.39, 0.29) is 12.8 Å². The van der Waals surface area contributed by atoms with E-state index in [9.17, 15) is 29.4 Å². The van der Waals surface area contributed by atoms with Gasteiger partial charge in [0.15, 0.2) is 0 Å². The van der Waals surface area contributed by atoms with Crippen LogP contribution in [0.3, 0.4) is 0 Å². The van der Waals surface area contributed by atoms with E-state index in [1.54, 1.807) is 26.3 Å². The molecule has 1 aromatic heterocycles. The monoisotopic (exact) mass is 721 g/mol. The van der Waals surface area contributed by atoms with E-state index in [0.717, 1.165) is 22.4 Å². The van der Waals surface area contributed by atoms with Gasteiger partial charge in [-0.2, -0.15) is 11.8 Å². The van der Waals surface area contributed by atoms with Crippen LogP contribution in [0, 0.1) is 5.41 Å². The summed E-state index contributed by atoms with van der Waals surface area (Å²) < 4.78 is 3.97. The summed E-state index contributed by atoms with van der Waals surface area (Å²) in [6.45, 7) is 8.97. The van der Waals surface area contributed by atoms with E-state index >= 15 is 0 Å². The molecule has 3 aromatic rings. The molecule has 0 radical (unpaired) electrons. The topological polar surface area (TPSA) is 179 Å². The van der Waals surface area contributed by atoms with E-state index in [1.807, 2.05) is 93.6 Å². The van der Waals surface area contributed by atoms with E-state index in [0.29, 0.717) is 6.42 Å². The van der Waals surface area contributed by atoms with Crippen LogP contribution in [-0.2, 0) is 27.2 Å². The van der Waals surface area contributed by atoms with Crippen molar-refractivity contribution in [2.75, 3.05) is 13.4 Å². The van der Waals surface area contributed by atoms with Crippen molar-refractivity contribution in [2.24, 2.45) is 5.41 Å². The Labute approximate surface area is 304 Å². The maximum absolute atomic E-state index is 13.8. The Kier molecular flexibility index (Phi) is 14.9. The molecule has 0 unspecified atom stereocenters. The zero-order chi connectivity index (χ0) is 37.8. The fourth-order valence-corrected chi connectivity index (χ4v) is 6.03. The van der Waals surface area contributed by atoms with Gasteiger partial charge >= 0.3 is 12.2 Å². The summed E-state index contributed by atoms with van der Waals surface area (Å²) in [5.41, 5.74) is 2.75.